The van der Waals surface area contributed by atoms with Gasteiger partial charge in [-0.3, -0.25) is 4.79 Å². The summed E-state index contributed by atoms with van der Waals surface area (Å²) in [5, 5.41) is 2.47. The molecule has 0 aliphatic heterocycles. The van der Waals surface area contributed by atoms with Crippen molar-refractivity contribution >= 4 is 11.6 Å². The van der Waals surface area contributed by atoms with Crippen LogP contribution >= 0.6 is 0 Å². The normalized spacial score (nSPS) is 11.4. The molecule has 0 fully saturated rings. The molecule has 0 aromatic heterocycles. The Bertz CT molecular complexity index is 563. The van der Waals surface area contributed by atoms with Crippen molar-refractivity contribution in [2.75, 3.05) is 18.5 Å². The summed E-state index contributed by atoms with van der Waals surface area (Å²) >= 11 is 0. The van der Waals surface area contributed by atoms with Crippen molar-refractivity contribution in [3.8, 4) is 5.75 Å². The van der Waals surface area contributed by atoms with Gasteiger partial charge in [-0.2, -0.15) is 13.2 Å². The quantitative estimate of drug-likeness (QED) is 0.438. The number of amides is 1. The van der Waals surface area contributed by atoms with Crippen LogP contribution in [0.15, 0.2) is 18.2 Å². The van der Waals surface area contributed by atoms with E-state index in [1.807, 2.05) is 0 Å². The first-order valence-electron chi connectivity index (χ1n) is 9.72. The van der Waals surface area contributed by atoms with E-state index in [1.165, 1.54) is 31.4 Å². The van der Waals surface area contributed by atoms with Crippen LogP contribution in [0, 0.1) is 0 Å². The van der Waals surface area contributed by atoms with Crippen LogP contribution in [0.25, 0.3) is 0 Å². The fraction of sp³-hybridized carbons (Fsp3) is 0.650. The Morgan fingerprint density at radius 3 is 2.37 bits per heavy atom. The standard InChI is InChI=1S/C20H31F3N2O2/c1-2-3-4-5-6-7-8-14-27-18-12-11-16(15-17(18)20(21,22)23)25-19(26)10-9-13-24/h11-12,15H,2-10,13-14,24H2,1H3,(H,25,26). The van der Waals surface area contributed by atoms with Gasteiger partial charge in [-0.25, -0.2) is 0 Å². The molecule has 0 atom stereocenters. The summed E-state index contributed by atoms with van der Waals surface area (Å²) in [6.07, 6.45) is 3.62. The van der Waals surface area contributed by atoms with E-state index < -0.39 is 11.7 Å². The van der Waals surface area contributed by atoms with Gasteiger partial charge in [0.15, 0.2) is 0 Å². The lowest BCUT2D eigenvalue weighted by Gasteiger charge is -2.16. The van der Waals surface area contributed by atoms with Gasteiger partial charge in [0.05, 0.1) is 12.2 Å². The predicted octanol–water partition coefficient (Wildman–Crippen LogP) is 5.51. The van der Waals surface area contributed by atoms with Crippen LogP contribution in [0.3, 0.4) is 0 Å². The molecule has 0 saturated carbocycles. The Morgan fingerprint density at radius 1 is 1.07 bits per heavy atom. The Balaban J connectivity index is 2.57. The van der Waals surface area contributed by atoms with E-state index in [2.05, 4.69) is 12.2 Å². The Kier molecular flexibility index (Phi) is 10.9. The van der Waals surface area contributed by atoms with Gasteiger partial charge >= 0.3 is 6.18 Å². The molecule has 27 heavy (non-hydrogen) atoms. The first kappa shape index (κ1) is 23.3. The Hall–Kier alpha value is -1.76. The highest BCUT2D eigenvalue weighted by Crippen LogP contribution is 2.38. The van der Waals surface area contributed by atoms with Crippen molar-refractivity contribution in [1.82, 2.24) is 0 Å². The highest BCUT2D eigenvalue weighted by atomic mass is 19.4. The van der Waals surface area contributed by atoms with E-state index in [0.29, 0.717) is 13.0 Å². The highest BCUT2D eigenvalue weighted by Gasteiger charge is 2.34. The molecule has 1 amide bonds. The van der Waals surface area contributed by atoms with Crippen LogP contribution in [-0.2, 0) is 11.0 Å². The minimum absolute atomic E-state index is 0.104. The van der Waals surface area contributed by atoms with Crippen molar-refractivity contribution in [2.24, 2.45) is 5.73 Å². The Morgan fingerprint density at radius 2 is 1.74 bits per heavy atom. The first-order chi connectivity index (χ1) is 12.9. The number of hydrogen-bond acceptors (Lipinski definition) is 3. The number of nitrogens with two attached hydrogens (primary N) is 1. The molecule has 1 aromatic carbocycles. The number of ether oxygens (including phenoxy) is 1. The molecule has 0 aliphatic rings. The minimum Gasteiger partial charge on any atom is -0.493 e. The maximum Gasteiger partial charge on any atom is 0.420 e. The molecule has 1 aromatic rings. The lowest BCUT2D eigenvalue weighted by molar-refractivity contribution is -0.139. The van der Waals surface area contributed by atoms with Gasteiger partial charge in [0, 0.05) is 12.1 Å². The first-order valence-corrected chi connectivity index (χ1v) is 9.72. The largest absolute Gasteiger partial charge is 0.493 e. The van der Waals surface area contributed by atoms with E-state index >= 15 is 0 Å². The second-order valence-electron chi connectivity index (χ2n) is 6.62. The molecule has 0 saturated heterocycles. The predicted molar refractivity (Wildman–Crippen MR) is 102 cm³/mol. The number of unbranched alkanes of at least 4 members (excludes halogenated alkanes) is 6. The third kappa shape index (κ3) is 9.65. The number of anilines is 1. The van der Waals surface area contributed by atoms with E-state index in [0.717, 1.165) is 31.7 Å². The number of carbonyl (C=O) groups excluding carboxylic acids is 1. The maximum absolute atomic E-state index is 13.3. The van der Waals surface area contributed by atoms with Crippen molar-refractivity contribution < 1.29 is 22.7 Å². The van der Waals surface area contributed by atoms with Crippen LogP contribution in [0.1, 0.15) is 70.3 Å². The van der Waals surface area contributed by atoms with Gasteiger partial charge < -0.3 is 15.8 Å². The lowest BCUT2D eigenvalue weighted by Crippen LogP contribution is -2.15. The molecule has 1 rings (SSSR count). The van der Waals surface area contributed by atoms with Gasteiger partial charge in [0.2, 0.25) is 5.91 Å². The third-order valence-electron chi connectivity index (χ3n) is 4.18. The van der Waals surface area contributed by atoms with Gasteiger partial charge in [-0.1, -0.05) is 45.4 Å². The van der Waals surface area contributed by atoms with Crippen LogP contribution in [-0.4, -0.2) is 19.1 Å². The summed E-state index contributed by atoms with van der Waals surface area (Å²) in [4.78, 5) is 11.7. The smallest absolute Gasteiger partial charge is 0.420 e. The zero-order valence-corrected chi connectivity index (χ0v) is 16.0. The van der Waals surface area contributed by atoms with Crippen molar-refractivity contribution in [2.45, 2.75) is 70.9 Å². The summed E-state index contributed by atoms with van der Waals surface area (Å²) in [5.41, 5.74) is 4.56. The van der Waals surface area contributed by atoms with E-state index in [4.69, 9.17) is 10.5 Å². The van der Waals surface area contributed by atoms with Crippen molar-refractivity contribution in [1.29, 1.82) is 0 Å². The average Bonchev–Trinajstić information content (AvgIpc) is 2.62. The third-order valence-corrected chi connectivity index (χ3v) is 4.18. The molecule has 154 valence electrons. The zero-order chi connectivity index (χ0) is 20.1. The summed E-state index contributed by atoms with van der Waals surface area (Å²) in [5.74, 6) is -0.557. The van der Waals surface area contributed by atoms with E-state index in [9.17, 15) is 18.0 Å². The molecule has 7 heteroatoms. The minimum atomic E-state index is -4.55. The summed E-state index contributed by atoms with van der Waals surface area (Å²) in [6.45, 7) is 2.76. The van der Waals surface area contributed by atoms with Crippen molar-refractivity contribution in [3.63, 3.8) is 0 Å². The molecule has 0 spiro atoms. The molecule has 4 nitrogen and oxygen atoms in total. The molecular weight excluding hydrogens is 357 g/mol. The lowest BCUT2D eigenvalue weighted by atomic mass is 10.1. The van der Waals surface area contributed by atoms with Gasteiger partial charge in [-0.05, 0) is 37.6 Å². The monoisotopic (exact) mass is 388 g/mol. The van der Waals surface area contributed by atoms with E-state index in [1.54, 1.807) is 0 Å². The summed E-state index contributed by atoms with van der Waals surface area (Å²) in [6, 6.07) is 3.61. The number of benzene rings is 1. The number of nitrogens with one attached hydrogen (secondary N) is 1. The molecule has 0 aliphatic carbocycles. The fourth-order valence-electron chi connectivity index (χ4n) is 2.68. The number of halogens is 3. The second kappa shape index (κ2) is 12.6. The molecular formula is C20H31F3N2O2. The number of carbonyl (C=O) groups is 1. The Labute approximate surface area is 159 Å². The number of hydrogen-bond donors (Lipinski definition) is 2. The average molecular weight is 388 g/mol. The van der Waals surface area contributed by atoms with Crippen LogP contribution in [0.5, 0.6) is 5.75 Å². The van der Waals surface area contributed by atoms with E-state index in [-0.39, 0.29) is 30.4 Å². The molecule has 0 heterocycles. The van der Waals surface area contributed by atoms with Crippen molar-refractivity contribution in [3.05, 3.63) is 23.8 Å². The van der Waals surface area contributed by atoms with Gasteiger partial charge in [-0.15, -0.1) is 0 Å². The fourth-order valence-corrected chi connectivity index (χ4v) is 2.68. The molecule has 3 N–H and O–H groups in total. The molecule has 0 bridgehead atoms. The topological polar surface area (TPSA) is 64.3 Å². The van der Waals surface area contributed by atoms with Crippen LogP contribution in [0.4, 0.5) is 18.9 Å². The summed E-state index contributed by atoms with van der Waals surface area (Å²) in [7, 11) is 0. The summed E-state index contributed by atoms with van der Waals surface area (Å²) < 4.78 is 45.3. The molecule has 0 radical (unpaired) electrons. The highest BCUT2D eigenvalue weighted by molar-refractivity contribution is 5.90. The number of rotatable bonds is 13. The number of alkyl halides is 3. The maximum atomic E-state index is 13.3. The SMILES string of the molecule is CCCCCCCCCOc1ccc(NC(=O)CCCN)cc1C(F)(F)F. The van der Waals surface area contributed by atoms with Crippen LogP contribution < -0.4 is 15.8 Å². The van der Waals surface area contributed by atoms with Gasteiger partial charge in [0.25, 0.3) is 0 Å². The second-order valence-corrected chi connectivity index (χ2v) is 6.62. The zero-order valence-electron chi connectivity index (χ0n) is 16.0. The molecule has 0 unspecified atom stereocenters. The van der Waals surface area contributed by atoms with Crippen LogP contribution in [0.2, 0.25) is 0 Å². The van der Waals surface area contributed by atoms with Gasteiger partial charge in [0.1, 0.15) is 5.75 Å².